The molecule has 8 heteroatoms. The zero-order valence-electron chi connectivity index (χ0n) is 18.3. The summed E-state index contributed by atoms with van der Waals surface area (Å²) < 4.78 is 33.9. The molecule has 1 amide bonds. The summed E-state index contributed by atoms with van der Waals surface area (Å²) >= 11 is 3.34. The quantitative estimate of drug-likeness (QED) is 0.467. The number of benzene rings is 3. The smallest absolute Gasteiger partial charge is 0.264 e. The van der Waals surface area contributed by atoms with E-state index in [-0.39, 0.29) is 11.4 Å². The molecule has 0 atom stereocenters. The summed E-state index contributed by atoms with van der Waals surface area (Å²) in [4.78, 5) is 12.9. The van der Waals surface area contributed by atoms with Gasteiger partial charge in [0.2, 0.25) is 5.91 Å². The lowest BCUT2D eigenvalue weighted by Gasteiger charge is -2.24. The first kappa shape index (κ1) is 23.8. The molecule has 1 N–H and O–H groups in total. The number of amides is 1. The number of nitrogens with one attached hydrogen (secondary N) is 1. The van der Waals surface area contributed by atoms with Crippen LogP contribution in [-0.2, 0) is 14.8 Å². The number of carbonyl (C=O) groups excluding carboxylic acids is 1. The van der Waals surface area contributed by atoms with Gasteiger partial charge in [0.15, 0.2) is 0 Å². The SMILES string of the molecule is COc1ccc(S(=O)(=O)N(CC(=O)Nc2ccc(C)cc2C)c2ccc(C)cc2)cc1Br. The first-order valence-corrected chi connectivity index (χ1v) is 12.1. The molecule has 0 aliphatic carbocycles. The van der Waals surface area contributed by atoms with Gasteiger partial charge in [-0.15, -0.1) is 0 Å². The second-order valence-corrected chi connectivity index (χ2v) is 10.2. The van der Waals surface area contributed by atoms with Gasteiger partial charge in [0.05, 0.1) is 22.2 Å². The van der Waals surface area contributed by atoms with Crippen LogP contribution < -0.4 is 14.4 Å². The maximum Gasteiger partial charge on any atom is 0.264 e. The maximum absolute atomic E-state index is 13.6. The zero-order valence-corrected chi connectivity index (χ0v) is 20.7. The minimum atomic E-state index is -4.03. The molecule has 0 fully saturated rings. The van der Waals surface area contributed by atoms with E-state index in [2.05, 4.69) is 21.2 Å². The molecule has 0 aliphatic heterocycles. The number of ether oxygens (including phenoxy) is 1. The van der Waals surface area contributed by atoms with Crippen LogP contribution in [0.4, 0.5) is 11.4 Å². The van der Waals surface area contributed by atoms with E-state index in [1.54, 1.807) is 18.2 Å². The van der Waals surface area contributed by atoms with Gasteiger partial charge in [-0.1, -0.05) is 35.4 Å². The van der Waals surface area contributed by atoms with E-state index >= 15 is 0 Å². The van der Waals surface area contributed by atoms with Crippen molar-refractivity contribution in [1.29, 1.82) is 0 Å². The van der Waals surface area contributed by atoms with E-state index in [0.717, 1.165) is 21.0 Å². The molecule has 0 aromatic heterocycles. The number of sulfonamides is 1. The average molecular weight is 517 g/mol. The standard InChI is InChI=1S/C24H25BrN2O4S/c1-16-5-8-19(9-6-16)27(15-24(28)26-22-11-7-17(2)13-18(22)3)32(29,30)20-10-12-23(31-4)21(25)14-20/h5-14H,15H2,1-4H3,(H,26,28). The third-order valence-corrected chi connectivity index (χ3v) is 7.37. The van der Waals surface area contributed by atoms with Crippen LogP contribution in [0.15, 0.2) is 70.0 Å². The predicted molar refractivity (Wildman–Crippen MR) is 131 cm³/mol. The first-order valence-electron chi connectivity index (χ1n) is 9.92. The molecule has 32 heavy (non-hydrogen) atoms. The van der Waals surface area contributed by atoms with E-state index in [1.807, 2.05) is 51.1 Å². The number of halogens is 1. The Bertz CT molecular complexity index is 1240. The second-order valence-electron chi connectivity index (χ2n) is 7.51. The van der Waals surface area contributed by atoms with Crippen molar-refractivity contribution in [2.75, 3.05) is 23.3 Å². The highest BCUT2D eigenvalue weighted by atomic mass is 79.9. The summed E-state index contributed by atoms with van der Waals surface area (Å²) in [6, 6.07) is 17.2. The molecule has 0 bridgehead atoms. The fourth-order valence-electron chi connectivity index (χ4n) is 3.23. The molecular formula is C24H25BrN2O4S. The summed E-state index contributed by atoms with van der Waals surface area (Å²) in [5, 5.41) is 2.83. The third kappa shape index (κ3) is 5.31. The molecule has 0 radical (unpaired) electrons. The fraction of sp³-hybridized carbons (Fsp3) is 0.208. The van der Waals surface area contributed by atoms with Crippen LogP contribution in [0.25, 0.3) is 0 Å². The largest absolute Gasteiger partial charge is 0.496 e. The molecule has 3 aromatic carbocycles. The lowest BCUT2D eigenvalue weighted by Crippen LogP contribution is -2.38. The molecule has 0 spiro atoms. The van der Waals surface area contributed by atoms with Gasteiger partial charge in [0.1, 0.15) is 12.3 Å². The molecule has 0 heterocycles. The van der Waals surface area contributed by atoms with Gasteiger partial charge in [0, 0.05) is 5.69 Å². The number of anilines is 2. The van der Waals surface area contributed by atoms with Gasteiger partial charge in [-0.05, 0) is 78.7 Å². The predicted octanol–water partition coefficient (Wildman–Crippen LogP) is 5.22. The Balaban J connectivity index is 1.97. The molecule has 0 saturated carbocycles. The van der Waals surface area contributed by atoms with Crippen LogP contribution in [0.3, 0.4) is 0 Å². The van der Waals surface area contributed by atoms with Crippen molar-refractivity contribution in [3.05, 3.63) is 81.8 Å². The van der Waals surface area contributed by atoms with Crippen LogP contribution in [0.5, 0.6) is 5.75 Å². The van der Waals surface area contributed by atoms with Crippen LogP contribution in [0.1, 0.15) is 16.7 Å². The highest BCUT2D eigenvalue weighted by molar-refractivity contribution is 9.10. The number of methoxy groups -OCH3 is 1. The van der Waals surface area contributed by atoms with Gasteiger partial charge in [-0.3, -0.25) is 9.10 Å². The average Bonchev–Trinajstić information content (AvgIpc) is 2.74. The van der Waals surface area contributed by atoms with Crippen molar-refractivity contribution in [1.82, 2.24) is 0 Å². The van der Waals surface area contributed by atoms with Gasteiger partial charge in [-0.25, -0.2) is 8.42 Å². The monoisotopic (exact) mass is 516 g/mol. The summed E-state index contributed by atoms with van der Waals surface area (Å²) in [7, 11) is -2.53. The number of rotatable bonds is 7. The van der Waals surface area contributed by atoms with E-state index in [9.17, 15) is 13.2 Å². The number of hydrogen-bond donors (Lipinski definition) is 1. The number of carbonyl (C=O) groups is 1. The van der Waals surface area contributed by atoms with Crippen molar-refractivity contribution < 1.29 is 17.9 Å². The van der Waals surface area contributed by atoms with Crippen molar-refractivity contribution in [2.45, 2.75) is 25.7 Å². The summed E-state index contributed by atoms with van der Waals surface area (Å²) in [5.74, 6) is 0.0760. The summed E-state index contributed by atoms with van der Waals surface area (Å²) in [6.07, 6.45) is 0. The van der Waals surface area contributed by atoms with E-state index < -0.39 is 15.9 Å². The Morgan fingerprint density at radius 1 is 0.969 bits per heavy atom. The minimum Gasteiger partial charge on any atom is -0.496 e. The lowest BCUT2D eigenvalue weighted by atomic mass is 10.1. The van der Waals surface area contributed by atoms with Gasteiger partial charge >= 0.3 is 0 Å². The molecule has 168 valence electrons. The Morgan fingerprint density at radius 3 is 2.22 bits per heavy atom. The second kappa shape index (κ2) is 9.75. The van der Waals surface area contributed by atoms with Crippen LogP contribution in [0.2, 0.25) is 0 Å². The molecule has 0 saturated heterocycles. The molecule has 0 aliphatic rings. The number of hydrogen-bond acceptors (Lipinski definition) is 4. The zero-order chi connectivity index (χ0) is 23.5. The van der Waals surface area contributed by atoms with Crippen molar-refractivity contribution in [2.24, 2.45) is 0 Å². The number of nitrogens with zero attached hydrogens (tertiary/aromatic N) is 1. The lowest BCUT2D eigenvalue weighted by molar-refractivity contribution is -0.114. The van der Waals surface area contributed by atoms with E-state index in [1.165, 1.54) is 19.2 Å². The van der Waals surface area contributed by atoms with Crippen molar-refractivity contribution >= 4 is 43.2 Å². The minimum absolute atomic E-state index is 0.0464. The van der Waals surface area contributed by atoms with Crippen LogP contribution in [-0.4, -0.2) is 28.0 Å². The highest BCUT2D eigenvalue weighted by Crippen LogP contribution is 2.31. The van der Waals surface area contributed by atoms with E-state index in [0.29, 0.717) is 21.6 Å². The Labute approximate surface area is 197 Å². The van der Waals surface area contributed by atoms with Crippen LogP contribution in [0, 0.1) is 20.8 Å². The highest BCUT2D eigenvalue weighted by Gasteiger charge is 2.28. The summed E-state index contributed by atoms with van der Waals surface area (Å²) in [6.45, 7) is 5.40. The number of aryl methyl sites for hydroxylation is 3. The van der Waals surface area contributed by atoms with Crippen molar-refractivity contribution in [3.63, 3.8) is 0 Å². The van der Waals surface area contributed by atoms with Crippen LogP contribution >= 0.6 is 15.9 Å². The van der Waals surface area contributed by atoms with Gasteiger partial charge in [0.25, 0.3) is 10.0 Å². The Hall–Kier alpha value is -2.84. The normalized spacial score (nSPS) is 11.2. The molecule has 3 rings (SSSR count). The first-order chi connectivity index (χ1) is 15.1. The van der Waals surface area contributed by atoms with Gasteiger partial charge in [-0.2, -0.15) is 0 Å². The van der Waals surface area contributed by atoms with Crippen molar-refractivity contribution in [3.8, 4) is 5.75 Å². The summed E-state index contributed by atoms with van der Waals surface area (Å²) in [5.41, 5.74) is 4.02. The fourth-order valence-corrected chi connectivity index (χ4v) is 5.37. The molecule has 6 nitrogen and oxygen atoms in total. The third-order valence-electron chi connectivity index (χ3n) is 4.98. The Kier molecular flexibility index (Phi) is 7.26. The Morgan fingerprint density at radius 2 is 1.62 bits per heavy atom. The molecule has 3 aromatic rings. The molecule has 0 unspecified atom stereocenters. The van der Waals surface area contributed by atoms with E-state index in [4.69, 9.17) is 4.74 Å². The van der Waals surface area contributed by atoms with Gasteiger partial charge < -0.3 is 10.1 Å². The topological polar surface area (TPSA) is 75.7 Å². The molecular weight excluding hydrogens is 492 g/mol. The maximum atomic E-state index is 13.6.